The van der Waals surface area contributed by atoms with Crippen molar-refractivity contribution in [3.63, 3.8) is 0 Å². The second-order valence-corrected chi connectivity index (χ2v) is 3.58. The highest BCUT2D eigenvalue weighted by atomic mass is 16.5. The molecule has 16 heavy (non-hydrogen) atoms. The molecule has 0 saturated carbocycles. The third-order valence-corrected chi connectivity index (χ3v) is 2.53. The van der Waals surface area contributed by atoms with Gasteiger partial charge in [-0.2, -0.15) is 0 Å². The van der Waals surface area contributed by atoms with Gasteiger partial charge in [0.1, 0.15) is 6.26 Å². The van der Waals surface area contributed by atoms with Crippen molar-refractivity contribution in [2.24, 2.45) is 0 Å². The maximum atomic E-state index is 4.76. The lowest BCUT2D eigenvalue weighted by atomic mass is 10.1. The van der Waals surface area contributed by atoms with Gasteiger partial charge in [-0.25, -0.2) is 0 Å². The van der Waals surface area contributed by atoms with E-state index in [0.29, 0.717) is 0 Å². The van der Waals surface area contributed by atoms with Gasteiger partial charge in [0, 0.05) is 22.7 Å². The van der Waals surface area contributed by atoms with Crippen LogP contribution in [-0.4, -0.2) is 10.1 Å². The van der Waals surface area contributed by atoms with Crippen molar-refractivity contribution in [2.75, 3.05) is 0 Å². The van der Waals surface area contributed by atoms with E-state index in [9.17, 15) is 0 Å². The summed E-state index contributed by atoms with van der Waals surface area (Å²) in [6, 6.07) is 8.21. The predicted molar refractivity (Wildman–Crippen MR) is 63.7 cm³/mol. The highest BCUT2D eigenvalue weighted by molar-refractivity contribution is 5.91. The number of para-hydroxylation sites is 1. The standard InChI is InChI=1S/C13H10N2O/c1-2-4-13-12(3-1)11(8-14-13)6-5-10-7-15-16-9-10/h1-9,14H. The summed E-state index contributed by atoms with van der Waals surface area (Å²) in [5.74, 6) is 0. The van der Waals surface area contributed by atoms with Crippen molar-refractivity contribution >= 4 is 23.1 Å². The van der Waals surface area contributed by atoms with Gasteiger partial charge >= 0.3 is 0 Å². The smallest absolute Gasteiger partial charge is 0.131 e. The van der Waals surface area contributed by atoms with Crippen LogP contribution in [0.3, 0.4) is 0 Å². The molecule has 0 bridgehead atoms. The van der Waals surface area contributed by atoms with Crippen LogP contribution >= 0.6 is 0 Å². The molecule has 0 radical (unpaired) electrons. The molecule has 0 unspecified atom stereocenters. The number of aromatic nitrogens is 2. The highest BCUT2D eigenvalue weighted by Crippen LogP contribution is 2.19. The largest absolute Gasteiger partial charge is 0.364 e. The summed E-state index contributed by atoms with van der Waals surface area (Å²) in [6.45, 7) is 0. The molecule has 78 valence electrons. The van der Waals surface area contributed by atoms with E-state index in [1.54, 1.807) is 12.5 Å². The number of H-pyrrole nitrogens is 1. The minimum Gasteiger partial charge on any atom is -0.364 e. The average Bonchev–Trinajstić information content (AvgIpc) is 2.96. The molecule has 2 heterocycles. The number of rotatable bonds is 2. The van der Waals surface area contributed by atoms with Crippen LogP contribution in [0.25, 0.3) is 23.1 Å². The molecule has 3 aromatic rings. The summed E-state index contributed by atoms with van der Waals surface area (Å²) < 4.78 is 4.76. The number of hydrogen-bond donors (Lipinski definition) is 1. The topological polar surface area (TPSA) is 41.8 Å². The van der Waals surface area contributed by atoms with Crippen LogP contribution in [-0.2, 0) is 0 Å². The lowest BCUT2D eigenvalue weighted by Crippen LogP contribution is -1.67. The van der Waals surface area contributed by atoms with Gasteiger partial charge in [0.05, 0.1) is 6.20 Å². The normalized spacial score (nSPS) is 11.5. The summed E-state index contributed by atoms with van der Waals surface area (Å²) in [4.78, 5) is 3.23. The molecule has 0 aliphatic rings. The van der Waals surface area contributed by atoms with E-state index in [2.05, 4.69) is 22.3 Å². The fraction of sp³-hybridized carbons (Fsp3) is 0. The van der Waals surface area contributed by atoms with E-state index in [0.717, 1.165) is 16.6 Å². The van der Waals surface area contributed by atoms with Gasteiger partial charge in [-0.1, -0.05) is 29.4 Å². The Hall–Kier alpha value is -2.29. The highest BCUT2D eigenvalue weighted by Gasteiger charge is 1.98. The van der Waals surface area contributed by atoms with Crippen LogP contribution in [0, 0.1) is 0 Å². The zero-order chi connectivity index (χ0) is 10.8. The molecule has 1 aromatic carbocycles. The second kappa shape index (κ2) is 3.70. The number of hydrogen-bond acceptors (Lipinski definition) is 2. The van der Waals surface area contributed by atoms with Gasteiger partial charge < -0.3 is 9.51 Å². The van der Waals surface area contributed by atoms with Crippen molar-refractivity contribution in [2.45, 2.75) is 0 Å². The molecule has 3 heteroatoms. The SMILES string of the molecule is C(=Cc1c[nH]c2ccccc12)c1cnoc1. The van der Waals surface area contributed by atoms with Crippen LogP contribution in [0.15, 0.2) is 47.4 Å². The molecule has 1 N–H and O–H groups in total. The van der Waals surface area contributed by atoms with Gasteiger partial charge in [0.15, 0.2) is 0 Å². The maximum Gasteiger partial charge on any atom is 0.131 e. The molecule has 0 aliphatic heterocycles. The summed E-state index contributed by atoms with van der Waals surface area (Å²) in [6.07, 6.45) is 9.32. The summed E-state index contributed by atoms with van der Waals surface area (Å²) in [5.41, 5.74) is 3.27. The zero-order valence-electron chi connectivity index (χ0n) is 8.55. The van der Waals surface area contributed by atoms with Crippen molar-refractivity contribution in [3.05, 3.63) is 54.0 Å². The molecule has 0 saturated heterocycles. The first kappa shape index (κ1) is 8.97. The van der Waals surface area contributed by atoms with Gasteiger partial charge in [-0.05, 0) is 17.7 Å². The van der Waals surface area contributed by atoms with E-state index >= 15 is 0 Å². The molecular weight excluding hydrogens is 200 g/mol. The number of benzene rings is 1. The first-order chi connectivity index (χ1) is 7.93. The predicted octanol–water partition coefficient (Wildman–Crippen LogP) is 3.33. The Morgan fingerprint density at radius 2 is 2.12 bits per heavy atom. The van der Waals surface area contributed by atoms with E-state index in [1.165, 1.54) is 5.39 Å². The molecule has 2 aromatic heterocycles. The molecule has 3 rings (SSSR count). The van der Waals surface area contributed by atoms with Crippen LogP contribution in [0.2, 0.25) is 0 Å². The molecule has 0 aliphatic carbocycles. The Morgan fingerprint density at radius 1 is 1.19 bits per heavy atom. The van der Waals surface area contributed by atoms with E-state index in [1.807, 2.05) is 30.5 Å². The van der Waals surface area contributed by atoms with Gasteiger partial charge in [-0.3, -0.25) is 0 Å². The first-order valence-electron chi connectivity index (χ1n) is 5.07. The monoisotopic (exact) mass is 210 g/mol. The zero-order valence-corrected chi connectivity index (χ0v) is 8.55. The molecule has 0 atom stereocenters. The number of nitrogens with one attached hydrogen (secondary N) is 1. The minimum atomic E-state index is 0.963. The van der Waals surface area contributed by atoms with E-state index in [-0.39, 0.29) is 0 Å². The quantitative estimate of drug-likeness (QED) is 0.704. The Bertz CT molecular complexity index is 620. The number of fused-ring (bicyclic) bond motifs is 1. The van der Waals surface area contributed by atoms with Crippen molar-refractivity contribution < 1.29 is 4.52 Å². The van der Waals surface area contributed by atoms with Gasteiger partial charge in [0.25, 0.3) is 0 Å². The first-order valence-corrected chi connectivity index (χ1v) is 5.07. The molecule has 0 spiro atoms. The van der Waals surface area contributed by atoms with Crippen LogP contribution in [0.5, 0.6) is 0 Å². The molecule has 3 nitrogen and oxygen atoms in total. The van der Waals surface area contributed by atoms with Crippen LogP contribution in [0.4, 0.5) is 0 Å². The molecule has 0 amide bonds. The Balaban J connectivity index is 2.01. The van der Waals surface area contributed by atoms with Gasteiger partial charge in [-0.15, -0.1) is 0 Å². The van der Waals surface area contributed by atoms with E-state index in [4.69, 9.17) is 4.52 Å². The fourth-order valence-electron chi connectivity index (χ4n) is 1.71. The molecular formula is C13H10N2O. The maximum absolute atomic E-state index is 4.76. The Labute approximate surface area is 92.4 Å². The second-order valence-electron chi connectivity index (χ2n) is 3.58. The summed E-state index contributed by atoms with van der Waals surface area (Å²) in [7, 11) is 0. The van der Waals surface area contributed by atoms with E-state index < -0.39 is 0 Å². The van der Waals surface area contributed by atoms with Gasteiger partial charge in [0.2, 0.25) is 0 Å². The third kappa shape index (κ3) is 1.52. The number of nitrogens with zero attached hydrogens (tertiary/aromatic N) is 1. The molecule has 0 fully saturated rings. The van der Waals surface area contributed by atoms with Crippen LogP contribution in [0.1, 0.15) is 11.1 Å². The van der Waals surface area contributed by atoms with Crippen LogP contribution < -0.4 is 0 Å². The van der Waals surface area contributed by atoms with Crippen molar-refractivity contribution in [3.8, 4) is 0 Å². The summed E-state index contributed by atoms with van der Waals surface area (Å²) in [5, 5.41) is 4.87. The lowest BCUT2D eigenvalue weighted by molar-refractivity contribution is 0.419. The number of aromatic amines is 1. The Morgan fingerprint density at radius 3 is 3.00 bits per heavy atom. The third-order valence-electron chi connectivity index (χ3n) is 2.53. The van der Waals surface area contributed by atoms with Crippen molar-refractivity contribution in [1.82, 2.24) is 10.1 Å². The average molecular weight is 210 g/mol. The Kier molecular flexibility index (Phi) is 2.07. The lowest BCUT2D eigenvalue weighted by Gasteiger charge is -1.89. The fourth-order valence-corrected chi connectivity index (χ4v) is 1.71. The summed E-state index contributed by atoms with van der Waals surface area (Å²) >= 11 is 0. The minimum absolute atomic E-state index is 0.963. The van der Waals surface area contributed by atoms with Crippen molar-refractivity contribution in [1.29, 1.82) is 0 Å².